The van der Waals surface area contributed by atoms with Crippen molar-refractivity contribution in [2.24, 2.45) is 11.3 Å². The Morgan fingerprint density at radius 2 is 1.81 bits per heavy atom. The Hall–Kier alpha value is -2.02. The van der Waals surface area contributed by atoms with Gasteiger partial charge in [-0.1, -0.05) is 42.5 Å². The normalized spacial score (nSPS) is 30.2. The van der Waals surface area contributed by atoms with E-state index in [1.54, 1.807) is 12.1 Å². The van der Waals surface area contributed by atoms with Gasteiger partial charge in [0.1, 0.15) is 5.75 Å². The van der Waals surface area contributed by atoms with Crippen LogP contribution in [0.5, 0.6) is 5.75 Å². The lowest BCUT2D eigenvalue weighted by Gasteiger charge is -2.17. The summed E-state index contributed by atoms with van der Waals surface area (Å²) < 4.78 is 28.9. The highest BCUT2D eigenvalue weighted by molar-refractivity contribution is 5.36. The van der Waals surface area contributed by atoms with Gasteiger partial charge in [0.25, 0.3) is 0 Å². The van der Waals surface area contributed by atoms with E-state index in [4.69, 9.17) is 0 Å². The largest absolute Gasteiger partial charge is 0.435 e. The number of likely N-dealkylation sites (tertiary alicyclic amines) is 1. The molecule has 4 rings (SSSR count). The van der Waals surface area contributed by atoms with Crippen LogP contribution in [-0.4, -0.2) is 47.5 Å². The molecule has 0 unspecified atom stereocenters. The van der Waals surface area contributed by atoms with E-state index in [1.165, 1.54) is 12.1 Å². The Bertz CT molecular complexity index is 771. The van der Waals surface area contributed by atoms with Crippen molar-refractivity contribution in [2.75, 3.05) is 19.7 Å². The first-order chi connectivity index (χ1) is 13.0. The van der Waals surface area contributed by atoms with Gasteiger partial charge in [0.15, 0.2) is 0 Å². The van der Waals surface area contributed by atoms with Gasteiger partial charge in [-0.15, -0.1) is 0 Å². The summed E-state index contributed by atoms with van der Waals surface area (Å²) in [6.45, 7) is -0.911. The summed E-state index contributed by atoms with van der Waals surface area (Å²) in [5.41, 5.74) is 1.82. The minimum atomic E-state index is -2.83. The highest BCUT2D eigenvalue weighted by Gasteiger charge is 2.70. The first-order valence-electron chi connectivity index (χ1n) is 9.14. The quantitative estimate of drug-likeness (QED) is 0.815. The zero-order valence-electron chi connectivity index (χ0n) is 14.8. The molecule has 2 aromatic rings. The molecule has 1 heterocycles. The summed E-state index contributed by atoms with van der Waals surface area (Å²) in [5, 5.41) is 20.6. The average molecular weight is 375 g/mol. The predicted octanol–water partition coefficient (Wildman–Crippen LogP) is 2.86. The molecule has 0 aromatic heterocycles. The summed E-state index contributed by atoms with van der Waals surface area (Å²) in [6.07, 6.45) is -0.499. The lowest BCUT2D eigenvalue weighted by molar-refractivity contribution is -0.0498. The van der Waals surface area contributed by atoms with Crippen LogP contribution in [0.15, 0.2) is 54.6 Å². The van der Waals surface area contributed by atoms with Crippen molar-refractivity contribution in [3.8, 4) is 5.75 Å². The lowest BCUT2D eigenvalue weighted by atomic mass is 9.95. The van der Waals surface area contributed by atoms with Crippen LogP contribution in [0.4, 0.5) is 8.78 Å². The van der Waals surface area contributed by atoms with Crippen LogP contribution < -0.4 is 4.74 Å². The van der Waals surface area contributed by atoms with E-state index in [2.05, 4.69) is 21.8 Å². The van der Waals surface area contributed by atoms with Crippen LogP contribution in [0.1, 0.15) is 17.0 Å². The van der Waals surface area contributed by atoms with Crippen molar-refractivity contribution in [2.45, 2.75) is 25.2 Å². The molecule has 1 aliphatic carbocycles. The molecular formula is C21H23F2NO3. The number of β-amino-alcohol motifs (C(OH)–C–C–N with tert-alkyl or cyclic N) is 1. The molecule has 2 aromatic carbocycles. The zero-order valence-corrected chi connectivity index (χ0v) is 14.8. The Morgan fingerprint density at radius 1 is 1.11 bits per heavy atom. The van der Waals surface area contributed by atoms with E-state index >= 15 is 0 Å². The molecule has 2 N–H and O–H groups in total. The molecule has 27 heavy (non-hydrogen) atoms. The van der Waals surface area contributed by atoms with Crippen LogP contribution in [-0.2, 0) is 6.54 Å². The molecule has 1 aliphatic heterocycles. The van der Waals surface area contributed by atoms with Crippen molar-refractivity contribution in [1.29, 1.82) is 0 Å². The summed E-state index contributed by atoms with van der Waals surface area (Å²) in [4.78, 5) is 2.17. The van der Waals surface area contributed by atoms with E-state index in [1.807, 2.05) is 18.2 Å². The number of hydrogen-bond acceptors (Lipinski definition) is 4. The predicted molar refractivity (Wildman–Crippen MR) is 96.5 cm³/mol. The first kappa shape index (κ1) is 18.3. The second kappa shape index (κ2) is 7.19. The fourth-order valence-corrected chi connectivity index (χ4v) is 4.82. The summed E-state index contributed by atoms with van der Waals surface area (Å²) in [7, 11) is 0. The van der Waals surface area contributed by atoms with E-state index < -0.39 is 12.7 Å². The fraction of sp³-hybridized carbons (Fsp3) is 0.429. The molecule has 6 heteroatoms. The number of nitrogens with zero attached hydrogens (tertiary/aromatic N) is 1. The molecule has 0 amide bonds. The SMILES string of the molecule is OC[C@@H]1[C@@H](c2ccccc2)[C@]12CN(Cc1ccc(OC(F)F)cc1)C[C@@H]2O. The van der Waals surface area contributed by atoms with Crippen LogP contribution in [0.25, 0.3) is 0 Å². The minimum absolute atomic E-state index is 0.0571. The summed E-state index contributed by atoms with van der Waals surface area (Å²) in [6, 6.07) is 16.6. The fourth-order valence-electron chi connectivity index (χ4n) is 4.82. The highest BCUT2D eigenvalue weighted by Crippen LogP contribution is 2.68. The molecule has 2 fully saturated rings. The maximum absolute atomic E-state index is 12.3. The number of halogens is 2. The van der Waals surface area contributed by atoms with Crippen molar-refractivity contribution < 1.29 is 23.7 Å². The van der Waals surface area contributed by atoms with Gasteiger partial charge < -0.3 is 14.9 Å². The number of alkyl halides is 2. The molecule has 0 radical (unpaired) electrons. The first-order valence-corrected chi connectivity index (χ1v) is 9.14. The van der Waals surface area contributed by atoms with Crippen LogP contribution >= 0.6 is 0 Å². The van der Waals surface area contributed by atoms with Crippen molar-refractivity contribution in [3.63, 3.8) is 0 Å². The molecule has 1 saturated carbocycles. The highest BCUT2D eigenvalue weighted by atomic mass is 19.3. The Kier molecular flexibility index (Phi) is 4.88. The third kappa shape index (κ3) is 3.33. The number of ether oxygens (including phenoxy) is 1. The molecule has 2 aliphatic rings. The van der Waals surface area contributed by atoms with Gasteiger partial charge in [0.05, 0.1) is 6.10 Å². The molecule has 0 bridgehead atoms. The molecule has 1 saturated heterocycles. The standard InChI is InChI=1S/C21H23F2NO3/c22-20(23)27-16-8-6-14(7-9-16)10-24-11-18(26)21(13-24)17(12-25)19(21)15-4-2-1-3-5-15/h1-9,17-20,25-26H,10-13H2/t17-,18+,19-,21-/m1/s1. The molecule has 4 nitrogen and oxygen atoms in total. The summed E-state index contributed by atoms with van der Waals surface area (Å²) in [5.74, 6) is 0.352. The maximum Gasteiger partial charge on any atom is 0.387 e. The number of aliphatic hydroxyl groups excluding tert-OH is 2. The van der Waals surface area contributed by atoms with Crippen molar-refractivity contribution >= 4 is 0 Å². The molecule has 1 spiro atoms. The van der Waals surface area contributed by atoms with Gasteiger partial charge in [-0.25, -0.2) is 0 Å². The Morgan fingerprint density at radius 3 is 2.44 bits per heavy atom. The third-order valence-electron chi connectivity index (χ3n) is 6.02. The molecule has 4 atom stereocenters. The number of aliphatic hydroxyl groups is 2. The third-order valence-corrected chi connectivity index (χ3v) is 6.02. The van der Waals surface area contributed by atoms with Gasteiger partial charge in [-0.2, -0.15) is 8.78 Å². The summed E-state index contributed by atoms with van der Waals surface area (Å²) >= 11 is 0. The smallest absolute Gasteiger partial charge is 0.387 e. The topological polar surface area (TPSA) is 52.9 Å². The second-order valence-electron chi connectivity index (χ2n) is 7.50. The van der Waals surface area contributed by atoms with Crippen LogP contribution in [0.2, 0.25) is 0 Å². The van der Waals surface area contributed by atoms with Gasteiger partial charge in [-0.3, -0.25) is 4.90 Å². The van der Waals surface area contributed by atoms with E-state index in [-0.39, 0.29) is 29.6 Å². The van der Waals surface area contributed by atoms with Gasteiger partial charge >= 0.3 is 6.61 Å². The number of rotatable bonds is 6. The number of benzene rings is 2. The average Bonchev–Trinajstić information content (AvgIpc) is 3.20. The van der Waals surface area contributed by atoms with Gasteiger partial charge in [0, 0.05) is 31.7 Å². The Balaban J connectivity index is 1.45. The van der Waals surface area contributed by atoms with E-state index in [0.29, 0.717) is 19.6 Å². The van der Waals surface area contributed by atoms with Crippen LogP contribution in [0.3, 0.4) is 0 Å². The van der Waals surface area contributed by atoms with E-state index in [0.717, 1.165) is 11.1 Å². The van der Waals surface area contributed by atoms with Crippen molar-refractivity contribution in [1.82, 2.24) is 4.90 Å². The monoisotopic (exact) mass is 375 g/mol. The van der Waals surface area contributed by atoms with Gasteiger partial charge in [0.2, 0.25) is 0 Å². The van der Waals surface area contributed by atoms with Gasteiger partial charge in [-0.05, 0) is 35.1 Å². The number of hydrogen-bond donors (Lipinski definition) is 2. The molecular weight excluding hydrogens is 352 g/mol. The van der Waals surface area contributed by atoms with Crippen LogP contribution in [0, 0.1) is 11.3 Å². The minimum Gasteiger partial charge on any atom is -0.435 e. The lowest BCUT2D eigenvalue weighted by Crippen LogP contribution is -2.23. The van der Waals surface area contributed by atoms with E-state index in [9.17, 15) is 19.0 Å². The zero-order chi connectivity index (χ0) is 19.0. The molecule has 144 valence electrons. The Labute approximate surface area is 157 Å². The maximum atomic E-state index is 12.3. The second-order valence-corrected chi connectivity index (χ2v) is 7.50. The van der Waals surface area contributed by atoms with Crippen molar-refractivity contribution in [3.05, 3.63) is 65.7 Å².